The Morgan fingerprint density at radius 3 is 2.10 bits per heavy atom. The van der Waals surface area contributed by atoms with E-state index < -0.39 is 4.92 Å². The van der Waals surface area contributed by atoms with E-state index in [2.05, 4.69) is 37.2 Å². The Kier molecular flexibility index (Phi) is 5.51. The first-order valence-corrected chi connectivity index (χ1v) is 9.53. The second-order valence-electron chi connectivity index (χ2n) is 6.84. The Hall–Kier alpha value is -4.01. The maximum Gasteiger partial charge on any atom is 0.269 e. The Balaban J connectivity index is 1.34. The third kappa shape index (κ3) is 4.35. The van der Waals surface area contributed by atoms with Gasteiger partial charge in [0, 0.05) is 49.6 Å². The summed E-state index contributed by atoms with van der Waals surface area (Å²) in [6.45, 7) is 3.38. The minimum absolute atomic E-state index is 0.0633. The van der Waals surface area contributed by atoms with Gasteiger partial charge in [-0.1, -0.05) is 18.2 Å². The second kappa shape index (κ2) is 8.56. The molecule has 2 heterocycles. The van der Waals surface area contributed by atoms with Crippen LogP contribution in [0, 0.1) is 10.1 Å². The summed E-state index contributed by atoms with van der Waals surface area (Å²) in [4.78, 5) is 35.7. The van der Waals surface area contributed by atoms with E-state index in [1.165, 1.54) is 30.0 Å². The van der Waals surface area contributed by atoms with Gasteiger partial charge in [0.05, 0.1) is 23.0 Å². The topological polar surface area (TPSA) is 104 Å². The molecule has 152 valence electrons. The van der Waals surface area contributed by atoms with Crippen LogP contribution in [0.5, 0.6) is 0 Å². The zero-order valence-corrected chi connectivity index (χ0v) is 16.1. The van der Waals surface area contributed by atoms with Crippen LogP contribution in [-0.2, 0) is 0 Å². The minimum atomic E-state index is -0.506. The number of benzene rings is 2. The molecule has 1 fully saturated rings. The number of aromatic nitrogens is 2. The van der Waals surface area contributed by atoms with Crippen molar-refractivity contribution < 1.29 is 9.72 Å². The van der Waals surface area contributed by atoms with Crippen molar-refractivity contribution in [3.05, 3.63) is 82.7 Å². The van der Waals surface area contributed by atoms with Gasteiger partial charge in [-0.25, -0.2) is 9.97 Å². The van der Waals surface area contributed by atoms with Crippen molar-refractivity contribution >= 4 is 28.9 Å². The van der Waals surface area contributed by atoms with Crippen LogP contribution in [-0.4, -0.2) is 47.0 Å². The van der Waals surface area contributed by atoms with Gasteiger partial charge in [-0.3, -0.25) is 14.9 Å². The number of nitro groups is 1. The first-order chi connectivity index (χ1) is 14.6. The zero-order valence-electron chi connectivity index (χ0n) is 16.1. The van der Waals surface area contributed by atoms with Crippen LogP contribution < -0.4 is 15.1 Å². The fraction of sp³-hybridized carbons (Fsp3) is 0.190. The number of amides is 1. The molecule has 1 amide bonds. The SMILES string of the molecule is O=C(Nc1cnc(N2CCN(c3ccccc3)CC2)nc1)c1ccc([N+](=O)[O-])cc1. The number of nitrogens with one attached hydrogen (secondary N) is 1. The average molecular weight is 404 g/mol. The summed E-state index contributed by atoms with van der Waals surface area (Å²) in [6, 6.07) is 15.7. The van der Waals surface area contributed by atoms with E-state index in [4.69, 9.17) is 0 Å². The van der Waals surface area contributed by atoms with E-state index in [-0.39, 0.29) is 11.6 Å². The highest BCUT2D eigenvalue weighted by molar-refractivity contribution is 6.04. The smallest absolute Gasteiger partial charge is 0.269 e. The van der Waals surface area contributed by atoms with Crippen LogP contribution in [0.1, 0.15) is 10.4 Å². The van der Waals surface area contributed by atoms with Crippen LogP contribution in [0.4, 0.5) is 23.0 Å². The number of hydrogen-bond donors (Lipinski definition) is 1. The van der Waals surface area contributed by atoms with Crippen molar-refractivity contribution in [3.8, 4) is 0 Å². The zero-order chi connectivity index (χ0) is 20.9. The summed E-state index contributed by atoms with van der Waals surface area (Å²) < 4.78 is 0. The Bertz CT molecular complexity index is 1020. The molecule has 1 aliphatic rings. The second-order valence-corrected chi connectivity index (χ2v) is 6.84. The Morgan fingerprint density at radius 1 is 0.900 bits per heavy atom. The van der Waals surface area contributed by atoms with E-state index in [0.29, 0.717) is 17.2 Å². The van der Waals surface area contributed by atoms with Gasteiger partial charge < -0.3 is 15.1 Å². The highest BCUT2D eigenvalue weighted by Crippen LogP contribution is 2.19. The monoisotopic (exact) mass is 404 g/mol. The number of carbonyl (C=O) groups excluding carboxylic acids is 1. The Morgan fingerprint density at radius 2 is 1.50 bits per heavy atom. The molecule has 0 spiro atoms. The molecule has 0 atom stereocenters. The number of nitro benzene ring substituents is 1. The van der Waals surface area contributed by atoms with Gasteiger partial charge in [0.25, 0.3) is 11.6 Å². The fourth-order valence-corrected chi connectivity index (χ4v) is 3.29. The largest absolute Gasteiger partial charge is 0.368 e. The van der Waals surface area contributed by atoms with Gasteiger partial charge in [0.2, 0.25) is 5.95 Å². The molecule has 0 bridgehead atoms. The first kappa shape index (κ1) is 19.3. The summed E-state index contributed by atoms with van der Waals surface area (Å²) >= 11 is 0. The van der Waals surface area contributed by atoms with Crippen molar-refractivity contribution in [3.63, 3.8) is 0 Å². The summed E-state index contributed by atoms with van der Waals surface area (Å²) in [5, 5.41) is 13.4. The standard InChI is InChI=1S/C21H20N6O3/c28-20(16-6-8-19(9-7-16)27(29)30)24-17-14-22-21(23-15-17)26-12-10-25(11-13-26)18-4-2-1-3-5-18/h1-9,14-15H,10-13H2,(H,24,28). The lowest BCUT2D eigenvalue weighted by molar-refractivity contribution is -0.384. The van der Waals surface area contributed by atoms with Crippen LogP contribution in [0.3, 0.4) is 0 Å². The van der Waals surface area contributed by atoms with Crippen molar-refractivity contribution in [2.24, 2.45) is 0 Å². The summed E-state index contributed by atoms with van der Waals surface area (Å²) in [6.07, 6.45) is 3.13. The highest BCUT2D eigenvalue weighted by atomic mass is 16.6. The molecule has 3 aromatic rings. The van der Waals surface area contributed by atoms with E-state index in [1.807, 2.05) is 18.2 Å². The van der Waals surface area contributed by atoms with Gasteiger partial charge in [0.1, 0.15) is 0 Å². The summed E-state index contributed by atoms with van der Waals surface area (Å²) in [5.74, 6) is 0.244. The molecule has 4 rings (SSSR count). The van der Waals surface area contributed by atoms with Crippen LogP contribution in [0.2, 0.25) is 0 Å². The third-order valence-electron chi connectivity index (χ3n) is 4.92. The van der Waals surface area contributed by atoms with Crippen molar-refractivity contribution in [1.82, 2.24) is 9.97 Å². The molecule has 0 unspecified atom stereocenters. The number of hydrogen-bond acceptors (Lipinski definition) is 7. The number of non-ortho nitro benzene ring substituents is 1. The van der Waals surface area contributed by atoms with E-state index in [1.54, 1.807) is 12.4 Å². The summed E-state index contributed by atoms with van der Waals surface area (Å²) in [7, 11) is 0. The van der Waals surface area contributed by atoms with E-state index in [0.717, 1.165) is 26.2 Å². The maximum absolute atomic E-state index is 12.3. The van der Waals surface area contributed by atoms with Crippen molar-refractivity contribution in [2.45, 2.75) is 0 Å². The molecule has 30 heavy (non-hydrogen) atoms. The number of carbonyl (C=O) groups is 1. The number of nitrogens with zero attached hydrogens (tertiary/aromatic N) is 5. The van der Waals surface area contributed by atoms with Gasteiger partial charge >= 0.3 is 0 Å². The van der Waals surface area contributed by atoms with E-state index >= 15 is 0 Å². The molecule has 1 aromatic heterocycles. The number of rotatable bonds is 5. The number of piperazine rings is 1. The molecule has 1 saturated heterocycles. The normalized spacial score (nSPS) is 13.7. The lowest BCUT2D eigenvalue weighted by atomic mass is 10.2. The fourth-order valence-electron chi connectivity index (χ4n) is 3.29. The van der Waals surface area contributed by atoms with E-state index in [9.17, 15) is 14.9 Å². The van der Waals surface area contributed by atoms with Crippen LogP contribution in [0.25, 0.3) is 0 Å². The molecule has 2 aromatic carbocycles. The predicted octanol–water partition coefficient (Wildman–Crippen LogP) is 2.96. The summed E-state index contributed by atoms with van der Waals surface area (Å²) in [5.41, 5.74) is 1.93. The third-order valence-corrected chi connectivity index (χ3v) is 4.92. The molecular weight excluding hydrogens is 384 g/mol. The lowest BCUT2D eigenvalue weighted by Crippen LogP contribution is -2.47. The molecule has 0 saturated carbocycles. The minimum Gasteiger partial charge on any atom is -0.368 e. The molecule has 1 N–H and O–H groups in total. The quantitative estimate of drug-likeness (QED) is 0.515. The lowest BCUT2D eigenvalue weighted by Gasteiger charge is -2.36. The van der Waals surface area contributed by atoms with Crippen LogP contribution >= 0.6 is 0 Å². The highest BCUT2D eigenvalue weighted by Gasteiger charge is 2.19. The van der Waals surface area contributed by atoms with Crippen molar-refractivity contribution in [2.75, 3.05) is 41.3 Å². The first-order valence-electron chi connectivity index (χ1n) is 9.53. The molecule has 0 aliphatic carbocycles. The molecule has 9 nitrogen and oxygen atoms in total. The molecule has 1 aliphatic heterocycles. The molecule has 0 radical (unpaired) electrons. The Labute approximate surface area is 173 Å². The maximum atomic E-state index is 12.3. The van der Waals surface area contributed by atoms with Gasteiger partial charge in [-0.05, 0) is 24.3 Å². The van der Waals surface area contributed by atoms with Gasteiger partial charge in [-0.15, -0.1) is 0 Å². The average Bonchev–Trinajstić information content (AvgIpc) is 2.80. The van der Waals surface area contributed by atoms with Gasteiger partial charge in [-0.2, -0.15) is 0 Å². The number of anilines is 3. The molecular formula is C21H20N6O3. The predicted molar refractivity (Wildman–Crippen MR) is 114 cm³/mol. The number of para-hydroxylation sites is 1. The van der Waals surface area contributed by atoms with Crippen molar-refractivity contribution in [1.29, 1.82) is 0 Å². The molecule has 9 heteroatoms. The van der Waals surface area contributed by atoms with Crippen LogP contribution in [0.15, 0.2) is 67.0 Å². The van der Waals surface area contributed by atoms with Gasteiger partial charge in [0.15, 0.2) is 0 Å².